The van der Waals surface area contributed by atoms with E-state index in [2.05, 4.69) is 10.2 Å². The zero-order valence-electron chi connectivity index (χ0n) is 19.1. The van der Waals surface area contributed by atoms with Gasteiger partial charge in [-0.25, -0.2) is 0 Å². The molecule has 0 spiro atoms. The minimum atomic E-state index is -0.228. The first-order valence-corrected chi connectivity index (χ1v) is 11.3. The van der Waals surface area contributed by atoms with E-state index in [9.17, 15) is 9.59 Å². The van der Waals surface area contributed by atoms with E-state index in [0.29, 0.717) is 59.5 Å². The predicted octanol–water partition coefficient (Wildman–Crippen LogP) is 4.57. The molecule has 0 bridgehead atoms. The molecule has 0 unspecified atom stereocenters. The third-order valence-electron chi connectivity index (χ3n) is 5.80. The van der Waals surface area contributed by atoms with Crippen LogP contribution in [0.5, 0.6) is 11.5 Å². The van der Waals surface area contributed by atoms with E-state index in [4.69, 9.17) is 21.1 Å². The monoisotopic (exact) mass is 479 g/mol. The third kappa shape index (κ3) is 5.10. The number of methoxy groups -OCH3 is 2. The molecule has 1 fully saturated rings. The molecule has 1 heterocycles. The lowest BCUT2D eigenvalue weighted by Gasteiger charge is -2.36. The van der Waals surface area contributed by atoms with E-state index in [1.54, 1.807) is 50.6 Å². The van der Waals surface area contributed by atoms with Gasteiger partial charge in [0.05, 0.1) is 25.3 Å². The smallest absolute Gasteiger partial charge is 0.259 e. The van der Waals surface area contributed by atoms with Crippen molar-refractivity contribution in [3.05, 3.63) is 82.9 Å². The Kier molecular flexibility index (Phi) is 7.23. The topological polar surface area (TPSA) is 71.1 Å². The maximum atomic E-state index is 13.0. The van der Waals surface area contributed by atoms with Crippen LogP contribution in [0.3, 0.4) is 0 Å². The second-order valence-corrected chi connectivity index (χ2v) is 8.26. The van der Waals surface area contributed by atoms with Gasteiger partial charge in [0.1, 0.15) is 11.5 Å². The van der Waals surface area contributed by atoms with E-state index in [-0.39, 0.29) is 11.8 Å². The average molecular weight is 480 g/mol. The van der Waals surface area contributed by atoms with Gasteiger partial charge in [0.25, 0.3) is 11.8 Å². The lowest BCUT2D eigenvalue weighted by molar-refractivity contribution is 0.0743. The van der Waals surface area contributed by atoms with Crippen LogP contribution in [0.1, 0.15) is 20.7 Å². The SMILES string of the molecule is COc1ccccc1C(=O)Nc1ccc(N2CCN(C(=O)c3cc(Cl)ccc3OC)CC2)cc1. The quantitative estimate of drug-likeness (QED) is 0.560. The summed E-state index contributed by atoms with van der Waals surface area (Å²) in [7, 11) is 3.08. The van der Waals surface area contributed by atoms with Gasteiger partial charge in [-0.15, -0.1) is 0 Å². The molecule has 0 aliphatic carbocycles. The first-order valence-electron chi connectivity index (χ1n) is 10.9. The lowest BCUT2D eigenvalue weighted by Crippen LogP contribution is -2.48. The number of hydrogen-bond acceptors (Lipinski definition) is 5. The Morgan fingerprint density at radius 3 is 2.15 bits per heavy atom. The number of piperazine rings is 1. The highest BCUT2D eigenvalue weighted by Gasteiger charge is 2.25. The highest BCUT2D eigenvalue weighted by atomic mass is 35.5. The van der Waals surface area contributed by atoms with Crippen LogP contribution >= 0.6 is 11.6 Å². The van der Waals surface area contributed by atoms with Crippen molar-refractivity contribution >= 4 is 34.8 Å². The molecule has 0 radical (unpaired) electrons. The number of halogens is 1. The summed E-state index contributed by atoms with van der Waals surface area (Å²) >= 11 is 6.09. The number of hydrogen-bond donors (Lipinski definition) is 1. The van der Waals surface area contributed by atoms with Crippen molar-refractivity contribution in [2.24, 2.45) is 0 Å². The number of rotatable bonds is 6. The standard InChI is InChI=1S/C26H26ClN3O4/c1-33-23-6-4-3-5-21(23)25(31)28-19-8-10-20(11-9-19)29-13-15-30(16-14-29)26(32)22-17-18(27)7-12-24(22)34-2/h3-12,17H,13-16H2,1-2H3,(H,28,31). The molecule has 2 amide bonds. The number of nitrogens with one attached hydrogen (secondary N) is 1. The summed E-state index contributed by atoms with van der Waals surface area (Å²) < 4.78 is 10.6. The Morgan fingerprint density at radius 2 is 1.47 bits per heavy atom. The van der Waals surface area contributed by atoms with E-state index in [0.717, 1.165) is 5.69 Å². The van der Waals surface area contributed by atoms with Gasteiger partial charge in [-0.1, -0.05) is 23.7 Å². The first kappa shape index (κ1) is 23.4. The normalized spacial score (nSPS) is 13.4. The number of benzene rings is 3. The average Bonchev–Trinajstić information content (AvgIpc) is 2.88. The van der Waals surface area contributed by atoms with E-state index in [1.165, 1.54) is 0 Å². The van der Waals surface area contributed by atoms with Crippen LogP contribution in [0.15, 0.2) is 66.7 Å². The molecule has 3 aromatic carbocycles. The summed E-state index contributed by atoms with van der Waals surface area (Å²) in [6, 6.07) is 19.8. The van der Waals surface area contributed by atoms with Crippen LogP contribution in [-0.4, -0.2) is 57.1 Å². The van der Waals surface area contributed by atoms with Crippen molar-refractivity contribution in [3.63, 3.8) is 0 Å². The molecular weight excluding hydrogens is 454 g/mol. The van der Waals surface area contributed by atoms with Gasteiger partial charge in [0.15, 0.2) is 0 Å². The number of amides is 2. The van der Waals surface area contributed by atoms with Gasteiger partial charge in [-0.2, -0.15) is 0 Å². The van der Waals surface area contributed by atoms with Crippen LogP contribution in [0.25, 0.3) is 0 Å². The molecule has 0 saturated carbocycles. The van der Waals surface area contributed by atoms with Crippen molar-refractivity contribution in [2.75, 3.05) is 50.6 Å². The highest BCUT2D eigenvalue weighted by molar-refractivity contribution is 6.31. The zero-order chi connectivity index (χ0) is 24.1. The summed E-state index contributed by atoms with van der Waals surface area (Å²) in [5, 5.41) is 3.41. The molecular formula is C26H26ClN3O4. The first-order chi connectivity index (χ1) is 16.5. The number of anilines is 2. The van der Waals surface area contributed by atoms with Crippen LogP contribution in [0, 0.1) is 0 Å². The van der Waals surface area contributed by atoms with Crippen molar-refractivity contribution in [3.8, 4) is 11.5 Å². The maximum absolute atomic E-state index is 13.0. The number of para-hydroxylation sites is 1. The van der Waals surface area contributed by atoms with E-state index < -0.39 is 0 Å². The summed E-state index contributed by atoms with van der Waals surface area (Å²) in [6.07, 6.45) is 0. The van der Waals surface area contributed by atoms with Gasteiger partial charge in [0.2, 0.25) is 0 Å². The number of carbonyl (C=O) groups excluding carboxylic acids is 2. The van der Waals surface area contributed by atoms with Crippen molar-refractivity contribution in [2.45, 2.75) is 0 Å². The predicted molar refractivity (Wildman–Crippen MR) is 134 cm³/mol. The molecule has 8 heteroatoms. The summed E-state index contributed by atoms with van der Waals surface area (Å²) in [5.74, 6) is 0.726. The Balaban J connectivity index is 1.37. The van der Waals surface area contributed by atoms with Crippen LogP contribution in [0.4, 0.5) is 11.4 Å². The molecule has 4 rings (SSSR count). The molecule has 1 N–H and O–H groups in total. The second-order valence-electron chi connectivity index (χ2n) is 7.83. The molecule has 1 aliphatic rings. The lowest BCUT2D eigenvalue weighted by atomic mass is 10.1. The molecule has 0 aromatic heterocycles. The van der Waals surface area contributed by atoms with Crippen LogP contribution < -0.4 is 19.7 Å². The maximum Gasteiger partial charge on any atom is 0.259 e. The Morgan fingerprint density at radius 1 is 0.824 bits per heavy atom. The molecule has 176 valence electrons. The van der Waals surface area contributed by atoms with Crippen molar-refractivity contribution in [1.29, 1.82) is 0 Å². The van der Waals surface area contributed by atoms with Gasteiger partial charge in [-0.3, -0.25) is 9.59 Å². The second kappa shape index (κ2) is 10.5. The molecule has 1 aliphatic heterocycles. The molecule has 1 saturated heterocycles. The summed E-state index contributed by atoms with van der Waals surface area (Å²) in [4.78, 5) is 29.6. The van der Waals surface area contributed by atoms with E-state index >= 15 is 0 Å². The summed E-state index contributed by atoms with van der Waals surface area (Å²) in [5.41, 5.74) is 2.68. The van der Waals surface area contributed by atoms with Gasteiger partial charge in [-0.05, 0) is 54.6 Å². The van der Waals surface area contributed by atoms with Gasteiger partial charge < -0.3 is 24.6 Å². The van der Waals surface area contributed by atoms with Crippen molar-refractivity contribution in [1.82, 2.24) is 4.90 Å². The highest BCUT2D eigenvalue weighted by Crippen LogP contribution is 2.26. The molecule has 34 heavy (non-hydrogen) atoms. The molecule has 7 nitrogen and oxygen atoms in total. The third-order valence-corrected chi connectivity index (χ3v) is 6.04. The minimum absolute atomic E-state index is 0.0894. The summed E-state index contributed by atoms with van der Waals surface area (Å²) in [6.45, 7) is 2.56. The van der Waals surface area contributed by atoms with Crippen LogP contribution in [-0.2, 0) is 0 Å². The number of ether oxygens (including phenoxy) is 2. The fourth-order valence-electron chi connectivity index (χ4n) is 3.97. The zero-order valence-corrected chi connectivity index (χ0v) is 19.8. The van der Waals surface area contributed by atoms with Gasteiger partial charge >= 0.3 is 0 Å². The minimum Gasteiger partial charge on any atom is -0.496 e. The Bertz CT molecular complexity index is 1170. The van der Waals surface area contributed by atoms with Crippen LogP contribution in [0.2, 0.25) is 5.02 Å². The van der Waals surface area contributed by atoms with Gasteiger partial charge in [0, 0.05) is 42.6 Å². The fourth-order valence-corrected chi connectivity index (χ4v) is 4.14. The van der Waals surface area contributed by atoms with E-state index in [1.807, 2.05) is 35.2 Å². The fraction of sp³-hybridized carbons (Fsp3) is 0.231. The largest absolute Gasteiger partial charge is 0.496 e. The Labute approximate surface area is 203 Å². The Hall–Kier alpha value is -3.71. The van der Waals surface area contributed by atoms with Crippen molar-refractivity contribution < 1.29 is 19.1 Å². The molecule has 0 atom stereocenters. The number of carbonyl (C=O) groups is 2. The number of nitrogens with zero attached hydrogens (tertiary/aromatic N) is 2. The molecule has 3 aromatic rings.